The first kappa shape index (κ1) is 27.1. The molecule has 2 aliphatic rings. The van der Waals surface area contributed by atoms with Crippen molar-refractivity contribution in [1.29, 1.82) is 0 Å². The van der Waals surface area contributed by atoms with Crippen LogP contribution >= 0.6 is 0 Å². The Bertz CT molecular complexity index is 1330. The van der Waals surface area contributed by atoms with Gasteiger partial charge in [-0.1, -0.05) is 13.0 Å². The van der Waals surface area contributed by atoms with Gasteiger partial charge in [-0.3, -0.25) is 14.5 Å². The highest BCUT2D eigenvalue weighted by molar-refractivity contribution is 5.91. The third-order valence-corrected chi connectivity index (χ3v) is 8.45. The molecule has 3 aromatic rings. The van der Waals surface area contributed by atoms with Crippen LogP contribution in [0.3, 0.4) is 0 Å². The predicted octanol–water partition coefficient (Wildman–Crippen LogP) is 4.28. The monoisotopic (exact) mass is 532 g/mol. The summed E-state index contributed by atoms with van der Waals surface area (Å²) < 4.78 is 11.0. The molecule has 2 aliphatic heterocycles. The van der Waals surface area contributed by atoms with E-state index in [4.69, 9.17) is 9.47 Å². The highest BCUT2D eigenvalue weighted by atomic mass is 16.5. The third-order valence-electron chi connectivity index (χ3n) is 8.45. The SMILES string of the molecule is CCc1c(-c2ccc(OC)c(OC)c2)[nH]c2ccc(C3CCN(C(=O)CN4CCN(C(C)=O)CC4)CC3)cc12. The first-order valence-electron chi connectivity index (χ1n) is 14.0. The second-order valence-corrected chi connectivity index (χ2v) is 10.6. The number of carbonyl (C=O) groups excluding carboxylic acids is 2. The fourth-order valence-electron chi connectivity index (χ4n) is 6.10. The summed E-state index contributed by atoms with van der Waals surface area (Å²) in [4.78, 5) is 34.3. The van der Waals surface area contributed by atoms with E-state index in [1.807, 2.05) is 21.9 Å². The number of nitrogens with one attached hydrogen (secondary N) is 1. The van der Waals surface area contributed by atoms with Crippen molar-refractivity contribution in [2.24, 2.45) is 0 Å². The number of fused-ring (bicyclic) bond motifs is 1. The van der Waals surface area contributed by atoms with Crippen molar-refractivity contribution in [2.75, 3.05) is 60.0 Å². The first-order valence-corrected chi connectivity index (χ1v) is 14.0. The molecule has 5 rings (SSSR count). The van der Waals surface area contributed by atoms with E-state index in [0.717, 1.165) is 73.7 Å². The summed E-state index contributed by atoms with van der Waals surface area (Å²) in [7, 11) is 3.31. The molecular weight excluding hydrogens is 492 g/mol. The summed E-state index contributed by atoms with van der Waals surface area (Å²) >= 11 is 0. The van der Waals surface area contributed by atoms with Crippen LogP contribution in [0.1, 0.15) is 43.7 Å². The number of methoxy groups -OCH3 is 2. The van der Waals surface area contributed by atoms with Gasteiger partial charge in [-0.2, -0.15) is 0 Å². The number of hydrogen-bond acceptors (Lipinski definition) is 5. The molecule has 208 valence electrons. The van der Waals surface area contributed by atoms with Gasteiger partial charge in [0.25, 0.3) is 0 Å². The Hall–Kier alpha value is -3.52. The predicted molar refractivity (Wildman–Crippen MR) is 153 cm³/mol. The van der Waals surface area contributed by atoms with Crippen LogP contribution in [-0.4, -0.2) is 91.5 Å². The van der Waals surface area contributed by atoms with Gasteiger partial charge in [0, 0.05) is 68.4 Å². The number of H-pyrrole nitrogens is 1. The van der Waals surface area contributed by atoms with E-state index in [2.05, 4.69) is 41.1 Å². The van der Waals surface area contributed by atoms with Crippen molar-refractivity contribution in [3.05, 3.63) is 47.5 Å². The maximum Gasteiger partial charge on any atom is 0.236 e. The Labute approximate surface area is 230 Å². The molecule has 0 radical (unpaired) electrons. The first-order chi connectivity index (χ1) is 18.9. The van der Waals surface area contributed by atoms with Crippen molar-refractivity contribution < 1.29 is 19.1 Å². The minimum Gasteiger partial charge on any atom is -0.493 e. The number of aromatic nitrogens is 1. The molecule has 0 saturated carbocycles. The van der Waals surface area contributed by atoms with Gasteiger partial charge in [-0.15, -0.1) is 0 Å². The van der Waals surface area contributed by atoms with Crippen LogP contribution in [0.5, 0.6) is 11.5 Å². The van der Waals surface area contributed by atoms with Crippen molar-refractivity contribution in [3.8, 4) is 22.8 Å². The molecule has 2 amide bonds. The van der Waals surface area contributed by atoms with Crippen LogP contribution in [0.4, 0.5) is 0 Å². The largest absolute Gasteiger partial charge is 0.493 e. The summed E-state index contributed by atoms with van der Waals surface area (Å²) in [6.07, 6.45) is 2.87. The van der Waals surface area contributed by atoms with Crippen molar-refractivity contribution >= 4 is 22.7 Å². The second kappa shape index (κ2) is 11.7. The minimum atomic E-state index is 0.115. The number of piperazine rings is 1. The Kier molecular flexibility index (Phi) is 8.12. The molecule has 1 N–H and O–H groups in total. The molecule has 8 heteroatoms. The second-order valence-electron chi connectivity index (χ2n) is 10.6. The number of carbonyl (C=O) groups is 2. The van der Waals surface area contributed by atoms with Gasteiger partial charge in [0.1, 0.15) is 0 Å². The molecule has 0 atom stereocenters. The third kappa shape index (κ3) is 5.62. The fourth-order valence-corrected chi connectivity index (χ4v) is 6.10. The molecule has 0 spiro atoms. The number of ether oxygens (including phenoxy) is 2. The summed E-state index contributed by atoms with van der Waals surface area (Å²) in [5.41, 5.74) is 5.99. The quantitative estimate of drug-likeness (QED) is 0.491. The molecule has 3 heterocycles. The summed E-state index contributed by atoms with van der Waals surface area (Å²) in [5, 5.41) is 1.27. The Morgan fingerprint density at radius 2 is 1.62 bits per heavy atom. The Morgan fingerprint density at radius 3 is 2.26 bits per heavy atom. The van der Waals surface area contributed by atoms with E-state index in [9.17, 15) is 9.59 Å². The van der Waals surface area contributed by atoms with Gasteiger partial charge in [-0.05, 0) is 66.6 Å². The van der Waals surface area contributed by atoms with Crippen LogP contribution in [0.25, 0.3) is 22.2 Å². The number of nitrogens with zero attached hydrogens (tertiary/aromatic N) is 3. The van der Waals surface area contributed by atoms with E-state index in [-0.39, 0.29) is 11.8 Å². The van der Waals surface area contributed by atoms with Gasteiger partial charge in [0.05, 0.1) is 20.8 Å². The highest BCUT2D eigenvalue weighted by Gasteiger charge is 2.27. The molecule has 1 aromatic heterocycles. The van der Waals surface area contributed by atoms with E-state index < -0.39 is 0 Å². The summed E-state index contributed by atoms with van der Waals surface area (Å²) in [6.45, 7) is 8.79. The van der Waals surface area contributed by atoms with E-state index in [1.165, 1.54) is 16.5 Å². The van der Waals surface area contributed by atoms with Gasteiger partial charge in [-0.25, -0.2) is 0 Å². The zero-order valence-corrected chi connectivity index (χ0v) is 23.6. The molecule has 0 aliphatic carbocycles. The molecule has 0 unspecified atom stereocenters. The number of hydrogen-bond donors (Lipinski definition) is 1. The van der Waals surface area contributed by atoms with Gasteiger partial charge in [0.15, 0.2) is 11.5 Å². The lowest BCUT2D eigenvalue weighted by Crippen LogP contribution is -2.51. The van der Waals surface area contributed by atoms with Crippen LogP contribution in [0, 0.1) is 0 Å². The number of amides is 2. The average molecular weight is 533 g/mol. The number of piperidine rings is 1. The van der Waals surface area contributed by atoms with Crippen LogP contribution in [0.2, 0.25) is 0 Å². The fraction of sp³-hybridized carbons (Fsp3) is 0.484. The normalized spacial score (nSPS) is 17.0. The van der Waals surface area contributed by atoms with Crippen LogP contribution in [-0.2, 0) is 16.0 Å². The van der Waals surface area contributed by atoms with E-state index in [0.29, 0.717) is 25.6 Å². The van der Waals surface area contributed by atoms with E-state index in [1.54, 1.807) is 21.1 Å². The molecule has 2 fully saturated rings. The van der Waals surface area contributed by atoms with Gasteiger partial charge < -0.3 is 24.3 Å². The Morgan fingerprint density at radius 1 is 0.897 bits per heavy atom. The summed E-state index contributed by atoms with van der Waals surface area (Å²) in [6, 6.07) is 12.8. The lowest BCUT2D eigenvalue weighted by atomic mass is 9.88. The zero-order chi connectivity index (χ0) is 27.5. The smallest absolute Gasteiger partial charge is 0.236 e. The number of likely N-dealkylation sites (tertiary alicyclic amines) is 1. The lowest BCUT2D eigenvalue weighted by molar-refractivity contribution is -0.135. The highest BCUT2D eigenvalue weighted by Crippen LogP contribution is 2.38. The maximum absolute atomic E-state index is 13.0. The standard InChI is InChI=1S/C31H40N4O4/c1-5-25-26-18-23(6-8-27(26)32-31(25)24-7-9-28(38-3)29(19-24)39-4)22-10-12-35(13-11-22)30(37)20-33-14-16-34(17-15-33)21(2)36/h6-9,18-19,22,32H,5,10-17,20H2,1-4H3. The number of rotatable bonds is 7. The summed E-state index contributed by atoms with van der Waals surface area (Å²) in [5.74, 6) is 2.21. The number of aromatic amines is 1. The van der Waals surface area contributed by atoms with Crippen LogP contribution < -0.4 is 9.47 Å². The lowest BCUT2D eigenvalue weighted by Gasteiger charge is -2.37. The van der Waals surface area contributed by atoms with E-state index >= 15 is 0 Å². The molecule has 8 nitrogen and oxygen atoms in total. The Balaban J connectivity index is 1.25. The van der Waals surface area contributed by atoms with Crippen molar-refractivity contribution in [1.82, 2.24) is 19.7 Å². The zero-order valence-electron chi connectivity index (χ0n) is 23.6. The van der Waals surface area contributed by atoms with Crippen molar-refractivity contribution in [3.63, 3.8) is 0 Å². The number of benzene rings is 2. The minimum absolute atomic E-state index is 0.115. The van der Waals surface area contributed by atoms with Gasteiger partial charge >= 0.3 is 0 Å². The molecule has 0 bridgehead atoms. The van der Waals surface area contributed by atoms with Crippen LogP contribution in [0.15, 0.2) is 36.4 Å². The average Bonchev–Trinajstić information content (AvgIpc) is 3.35. The maximum atomic E-state index is 13.0. The molecule has 2 saturated heterocycles. The topological polar surface area (TPSA) is 78.1 Å². The molecule has 2 aromatic carbocycles. The molecular formula is C31H40N4O4. The number of aryl methyl sites for hydroxylation is 1. The van der Waals surface area contributed by atoms with Crippen molar-refractivity contribution in [2.45, 2.75) is 39.0 Å². The van der Waals surface area contributed by atoms with Gasteiger partial charge in [0.2, 0.25) is 11.8 Å². The molecule has 39 heavy (non-hydrogen) atoms.